The molecular weight excluding hydrogens is 358 g/mol. The maximum absolute atomic E-state index is 12.8. The first kappa shape index (κ1) is 17.6. The molecule has 0 unspecified atom stereocenters. The van der Waals surface area contributed by atoms with E-state index in [-0.39, 0.29) is 17.5 Å². The van der Waals surface area contributed by atoms with Crippen LogP contribution in [0.2, 0.25) is 5.02 Å². The Labute approximate surface area is 154 Å². The number of hydrogen-bond acceptors (Lipinski definition) is 4. The first-order chi connectivity index (χ1) is 11.8. The molecule has 0 aliphatic carbocycles. The molecule has 0 fully saturated rings. The third-order valence-electron chi connectivity index (χ3n) is 4.03. The van der Waals surface area contributed by atoms with Crippen molar-refractivity contribution in [1.29, 1.82) is 0 Å². The molecule has 2 heterocycles. The number of hydrogen-bond donors (Lipinski definition) is 1. The number of thiophene rings is 1. The maximum atomic E-state index is 12.8. The lowest BCUT2D eigenvalue weighted by molar-refractivity contribution is 0.102. The molecule has 0 aliphatic rings. The fourth-order valence-electron chi connectivity index (χ4n) is 2.64. The minimum Gasteiger partial charge on any atom is -0.322 e. The van der Waals surface area contributed by atoms with Crippen LogP contribution >= 0.6 is 22.9 Å². The number of nitrogens with zero attached hydrogens (tertiary/aromatic N) is 2. The highest BCUT2D eigenvalue weighted by atomic mass is 35.5. The van der Waals surface area contributed by atoms with Crippen molar-refractivity contribution in [2.24, 2.45) is 0 Å². The van der Waals surface area contributed by atoms with E-state index in [1.165, 1.54) is 17.7 Å². The van der Waals surface area contributed by atoms with Crippen molar-refractivity contribution in [2.45, 2.75) is 33.7 Å². The fourth-order valence-corrected chi connectivity index (χ4v) is 3.85. The molecule has 0 spiro atoms. The molecule has 0 saturated heterocycles. The van der Waals surface area contributed by atoms with Crippen molar-refractivity contribution in [3.63, 3.8) is 0 Å². The molecule has 0 radical (unpaired) electrons. The van der Waals surface area contributed by atoms with Gasteiger partial charge in [0.1, 0.15) is 10.2 Å². The van der Waals surface area contributed by atoms with Crippen LogP contribution in [0.5, 0.6) is 0 Å². The van der Waals surface area contributed by atoms with E-state index in [9.17, 15) is 9.59 Å². The quantitative estimate of drug-likeness (QED) is 0.729. The van der Waals surface area contributed by atoms with Gasteiger partial charge in [0.15, 0.2) is 0 Å². The van der Waals surface area contributed by atoms with Crippen molar-refractivity contribution in [3.05, 3.63) is 55.9 Å². The lowest BCUT2D eigenvalue weighted by atomic mass is 10.1. The molecule has 3 aromatic rings. The van der Waals surface area contributed by atoms with Crippen molar-refractivity contribution in [3.8, 4) is 0 Å². The summed E-state index contributed by atoms with van der Waals surface area (Å²) in [6.07, 6.45) is 1.50. The molecule has 0 aliphatic heterocycles. The normalized spacial score (nSPS) is 11.3. The van der Waals surface area contributed by atoms with E-state index in [2.05, 4.69) is 10.3 Å². The lowest BCUT2D eigenvalue weighted by Crippen LogP contribution is -2.22. The molecule has 2 aromatic heterocycles. The Hall–Kier alpha value is -2.18. The molecule has 25 heavy (non-hydrogen) atoms. The first-order valence-corrected chi connectivity index (χ1v) is 9.06. The van der Waals surface area contributed by atoms with Gasteiger partial charge in [-0.1, -0.05) is 17.7 Å². The molecular formula is C18H18ClN3O2S. The van der Waals surface area contributed by atoms with Gasteiger partial charge in [-0.3, -0.25) is 14.2 Å². The number of rotatable bonds is 3. The number of anilines is 1. The average molecular weight is 376 g/mol. The minimum absolute atomic E-state index is 0.0122. The van der Waals surface area contributed by atoms with Gasteiger partial charge in [0, 0.05) is 21.6 Å². The molecule has 1 amide bonds. The van der Waals surface area contributed by atoms with Gasteiger partial charge in [-0.15, -0.1) is 11.3 Å². The van der Waals surface area contributed by atoms with Crippen molar-refractivity contribution < 1.29 is 4.79 Å². The molecule has 5 nitrogen and oxygen atoms in total. The molecule has 0 atom stereocenters. The summed E-state index contributed by atoms with van der Waals surface area (Å²) < 4.78 is 2.07. The standard InChI is InChI=1S/C18H18ClN3O2S/c1-9(2)22-8-20-15-14(11(4)25-16(15)18(22)24)17(23)21-13-7-12(19)6-5-10(13)3/h5-9H,1-4H3,(H,21,23). The van der Waals surface area contributed by atoms with E-state index < -0.39 is 0 Å². The van der Waals surface area contributed by atoms with E-state index in [1.54, 1.807) is 16.7 Å². The fraction of sp³-hybridized carbons (Fsp3) is 0.278. The number of halogens is 1. The Morgan fingerprint density at radius 2 is 2.04 bits per heavy atom. The van der Waals surface area contributed by atoms with E-state index in [4.69, 9.17) is 11.6 Å². The number of aryl methyl sites for hydroxylation is 2. The summed E-state index contributed by atoms with van der Waals surface area (Å²) in [5.41, 5.74) is 2.32. The Kier molecular flexibility index (Phi) is 4.67. The number of carbonyl (C=O) groups is 1. The molecule has 130 valence electrons. The van der Waals surface area contributed by atoms with Gasteiger partial charge in [-0.2, -0.15) is 0 Å². The zero-order valence-electron chi connectivity index (χ0n) is 14.4. The monoisotopic (exact) mass is 375 g/mol. The molecule has 0 saturated carbocycles. The van der Waals surface area contributed by atoms with Crippen LogP contribution in [0, 0.1) is 13.8 Å². The summed E-state index contributed by atoms with van der Waals surface area (Å²) in [6.45, 7) is 7.56. The molecule has 7 heteroatoms. The van der Waals surface area contributed by atoms with Crippen LogP contribution in [-0.4, -0.2) is 15.5 Å². The van der Waals surface area contributed by atoms with E-state index >= 15 is 0 Å². The van der Waals surface area contributed by atoms with Crippen LogP contribution < -0.4 is 10.9 Å². The summed E-state index contributed by atoms with van der Waals surface area (Å²) >= 11 is 7.31. The highest BCUT2D eigenvalue weighted by Crippen LogP contribution is 2.29. The third-order valence-corrected chi connectivity index (χ3v) is 5.35. The Balaban J connectivity index is 2.08. The zero-order valence-corrected chi connectivity index (χ0v) is 16.0. The van der Waals surface area contributed by atoms with Crippen LogP contribution in [0.3, 0.4) is 0 Å². The first-order valence-electron chi connectivity index (χ1n) is 7.87. The second kappa shape index (κ2) is 6.61. The van der Waals surface area contributed by atoms with Crippen molar-refractivity contribution in [2.75, 3.05) is 5.32 Å². The highest BCUT2D eigenvalue weighted by Gasteiger charge is 2.21. The van der Waals surface area contributed by atoms with E-state index in [0.717, 1.165) is 10.4 Å². The summed E-state index contributed by atoms with van der Waals surface area (Å²) in [4.78, 5) is 30.5. The van der Waals surface area contributed by atoms with Crippen LogP contribution in [0.4, 0.5) is 5.69 Å². The topological polar surface area (TPSA) is 64.0 Å². The number of benzene rings is 1. The molecule has 1 N–H and O–H groups in total. The minimum atomic E-state index is -0.289. The van der Waals surface area contributed by atoms with Gasteiger partial charge in [-0.25, -0.2) is 4.98 Å². The van der Waals surface area contributed by atoms with Gasteiger partial charge < -0.3 is 5.32 Å². The van der Waals surface area contributed by atoms with Gasteiger partial charge in [0.25, 0.3) is 11.5 Å². The van der Waals surface area contributed by atoms with Crippen LogP contribution in [0.1, 0.15) is 40.7 Å². The second-order valence-electron chi connectivity index (χ2n) is 6.18. The van der Waals surface area contributed by atoms with Crippen molar-refractivity contribution >= 4 is 44.7 Å². The zero-order chi connectivity index (χ0) is 18.3. The number of amides is 1. The Morgan fingerprint density at radius 3 is 2.72 bits per heavy atom. The summed E-state index contributed by atoms with van der Waals surface area (Å²) in [5, 5.41) is 3.42. The Bertz CT molecular complexity index is 1040. The molecule has 0 bridgehead atoms. The predicted molar refractivity (Wildman–Crippen MR) is 103 cm³/mol. The highest BCUT2D eigenvalue weighted by molar-refractivity contribution is 7.19. The van der Waals surface area contributed by atoms with Gasteiger partial charge >= 0.3 is 0 Å². The third kappa shape index (κ3) is 3.19. The smallest absolute Gasteiger partial charge is 0.271 e. The number of carbonyl (C=O) groups excluding carboxylic acids is 1. The summed E-state index contributed by atoms with van der Waals surface area (Å²) in [7, 11) is 0. The SMILES string of the molecule is Cc1ccc(Cl)cc1NC(=O)c1c(C)sc2c(=O)n(C(C)C)cnc12. The Morgan fingerprint density at radius 1 is 1.32 bits per heavy atom. The van der Waals surface area contributed by atoms with E-state index in [1.807, 2.05) is 33.8 Å². The lowest BCUT2D eigenvalue weighted by Gasteiger charge is -2.10. The number of nitrogens with one attached hydrogen (secondary N) is 1. The van der Waals surface area contributed by atoms with Crippen molar-refractivity contribution in [1.82, 2.24) is 9.55 Å². The van der Waals surface area contributed by atoms with Gasteiger partial charge in [-0.05, 0) is 45.4 Å². The largest absolute Gasteiger partial charge is 0.322 e. The summed E-state index contributed by atoms with van der Waals surface area (Å²) in [6, 6.07) is 5.33. The van der Waals surface area contributed by atoms with Gasteiger partial charge in [0.05, 0.1) is 11.9 Å². The summed E-state index contributed by atoms with van der Waals surface area (Å²) in [5.74, 6) is -0.289. The maximum Gasteiger partial charge on any atom is 0.271 e. The average Bonchev–Trinajstić information content (AvgIpc) is 2.88. The number of fused-ring (bicyclic) bond motifs is 1. The predicted octanol–water partition coefficient (Wildman–Crippen LogP) is 4.56. The van der Waals surface area contributed by atoms with Gasteiger partial charge in [0.2, 0.25) is 0 Å². The second-order valence-corrected chi connectivity index (χ2v) is 7.84. The van der Waals surface area contributed by atoms with Crippen LogP contribution in [0.25, 0.3) is 10.2 Å². The van der Waals surface area contributed by atoms with E-state index in [0.29, 0.717) is 26.5 Å². The van der Waals surface area contributed by atoms with Crippen LogP contribution in [0.15, 0.2) is 29.3 Å². The van der Waals surface area contributed by atoms with Crippen LogP contribution in [-0.2, 0) is 0 Å². The molecule has 3 rings (SSSR count). The number of aromatic nitrogens is 2. The molecule has 1 aromatic carbocycles.